The van der Waals surface area contributed by atoms with Crippen LogP contribution < -0.4 is 0 Å². The second-order valence-corrected chi connectivity index (χ2v) is 6.43. The molecule has 0 aliphatic carbocycles. The van der Waals surface area contributed by atoms with Crippen molar-refractivity contribution >= 4 is 29.1 Å². The first kappa shape index (κ1) is 16.9. The van der Waals surface area contributed by atoms with Gasteiger partial charge in [0, 0.05) is 31.2 Å². The highest BCUT2D eigenvalue weighted by Crippen LogP contribution is 2.20. The summed E-state index contributed by atoms with van der Waals surface area (Å²) in [6.07, 6.45) is 0. The molecule has 0 amide bonds. The summed E-state index contributed by atoms with van der Waals surface area (Å²) in [5.41, 5.74) is 1.90. The highest BCUT2D eigenvalue weighted by Gasteiger charge is 2.20. The Bertz CT molecular complexity index is 606. The van der Waals surface area contributed by atoms with Crippen LogP contribution in [0.15, 0.2) is 30.3 Å². The molecule has 1 aromatic carbocycles. The smallest absolute Gasteiger partial charge is 0.309 e. The Morgan fingerprint density at radius 2 is 2.09 bits per heavy atom. The van der Waals surface area contributed by atoms with Crippen LogP contribution in [-0.4, -0.2) is 34.1 Å². The number of benzene rings is 1. The molecule has 118 valence electrons. The predicted octanol–water partition coefficient (Wildman–Crippen LogP) is 3.00. The van der Waals surface area contributed by atoms with E-state index in [-0.39, 0.29) is 11.9 Å². The van der Waals surface area contributed by atoms with Gasteiger partial charge in [0.05, 0.1) is 13.0 Å². The summed E-state index contributed by atoms with van der Waals surface area (Å²) in [7, 11) is 1.40. The Kier molecular flexibility index (Phi) is 6.30. The second-order valence-electron chi connectivity index (χ2n) is 5.07. The van der Waals surface area contributed by atoms with Gasteiger partial charge in [0.15, 0.2) is 0 Å². The molecule has 0 saturated heterocycles. The zero-order chi connectivity index (χ0) is 15.9. The molecule has 7 heteroatoms. The van der Waals surface area contributed by atoms with Gasteiger partial charge in [0.2, 0.25) is 0 Å². The number of carbonyl (C=O) groups excluding carboxylic acids is 1. The average molecular weight is 340 g/mol. The fraction of sp³-hybridized carbons (Fsp3) is 0.400. The summed E-state index contributed by atoms with van der Waals surface area (Å²) in [6, 6.07) is 10.1. The molecule has 1 atom stereocenters. The molecular weight excluding hydrogens is 322 g/mol. The van der Waals surface area contributed by atoms with Crippen molar-refractivity contribution in [2.24, 2.45) is 5.92 Å². The van der Waals surface area contributed by atoms with Crippen LogP contribution >= 0.6 is 23.1 Å². The van der Waals surface area contributed by atoms with Gasteiger partial charge in [0.1, 0.15) is 10.0 Å². The van der Waals surface area contributed by atoms with E-state index in [0.717, 1.165) is 5.69 Å². The van der Waals surface area contributed by atoms with E-state index in [1.807, 2.05) is 25.1 Å². The number of methoxy groups -OCH3 is 1. The summed E-state index contributed by atoms with van der Waals surface area (Å²) in [5.74, 6) is -0.445. The van der Waals surface area contributed by atoms with E-state index in [9.17, 15) is 4.79 Å². The van der Waals surface area contributed by atoms with E-state index in [1.165, 1.54) is 24.2 Å². The predicted molar refractivity (Wildman–Crippen MR) is 86.7 cm³/mol. The van der Waals surface area contributed by atoms with Crippen LogP contribution in [0.25, 0.3) is 0 Å². The number of hydrogen-bond acceptors (Lipinski definition) is 6. The lowest BCUT2D eigenvalue weighted by atomic mass is 10.1. The van der Waals surface area contributed by atoms with Crippen LogP contribution in [0.1, 0.15) is 18.2 Å². The first-order chi connectivity index (χ1) is 10.6. The summed E-state index contributed by atoms with van der Waals surface area (Å²) in [6.45, 7) is 3.67. The van der Waals surface area contributed by atoms with Crippen LogP contribution in [-0.2, 0) is 22.6 Å². The molecule has 0 aliphatic heterocycles. The number of nitrogens with zero attached hydrogens (tertiary/aromatic N) is 3. The molecule has 2 rings (SSSR count). The van der Waals surface area contributed by atoms with Crippen molar-refractivity contribution in [1.29, 1.82) is 0 Å². The molecule has 0 radical (unpaired) electrons. The van der Waals surface area contributed by atoms with Gasteiger partial charge < -0.3 is 4.74 Å². The standard InChI is InChI=1S/C15H18ClN3O2S/c1-11(15(20)21-2)8-19(9-12-6-4-3-5-7-12)10-13-14(16)22-18-17-13/h3-7,11H,8-10H2,1-2H3/t11-/m0/s1. The Labute approximate surface area is 139 Å². The first-order valence-corrected chi connectivity index (χ1v) is 8.06. The molecule has 0 saturated carbocycles. The maximum Gasteiger partial charge on any atom is 0.309 e. The van der Waals surface area contributed by atoms with Gasteiger partial charge >= 0.3 is 5.97 Å². The van der Waals surface area contributed by atoms with Crippen molar-refractivity contribution < 1.29 is 9.53 Å². The molecule has 1 aromatic heterocycles. The van der Waals surface area contributed by atoms with Gasteiger partial charge in [0.25, 0.3) is 0 Å². The van der Waals surface area contributed by atoms with Crippen LogP contribution in [0, 0.1) is 5.92 Å². The highest BCUT2D eigenvalue weighted by molar-refractivity contribution is 7.10. The molecule has 0 aliphatic rings. The van der Waals surface area contributed by atoms with E-state index in [1.54, 1.807) is 0 Å². The van der Waals surface area contributed by atoms with E-state index in [4.69, 9.17) is 16.3 Å². The van der Waals surface area contributed by atoms with Crippen LogP contribution in [0.2, 0.25) is 4.34 Å². The van der Waals surface area contributed by atoms with E-state index in [2.05, 4.69) is 26.6 Å². The third-order valence-electron chi connectivity index (χ3n) is 3.27. The maximum absolute atomic E-state index is 11.7. The quantitative estimate of drug-likeness (QED) is 0.726. The van der Waals surface area contributed by atoms with Crippen LogP contribution in [0.4, 0.5) is 0 Å². The number of aromatic nitrogens is 2. The molecule has 0 N–H and O–H groups in total. The highest BCUT2D eigenvalue weighted by atomic mass is 35.5. The topological polar surface area (TPSA) is 55.3 Å². The van der Waals surface area contributed by atoms with Crippen molar-refractivity contribution in [2.45, 2.75) is 20.0 Å². The van der Waals surface area contributed by atoms with Crippen molar-refractivity contribution in [3.05, 3.63) is 45.9 Å². The fourth-order valence-corrected chi connectivity index (χ4v) is 2.80. The summed E-state index contributed by atoms with van der Waals surface area (Å²) in [4.78, 5) is 13.8. The molecule has 5 nitrogen and oxygen atoms in total. The fourth-order valence-electron chi connectivity index (χ4n) is 2.19. The second kappa shape index (κ2) is 8.22. The number of rotatable bonds is 7. The molecular formula is C15H18ClN3O2S. The molecule has 1 heterocycles. The lowest BCUT2D eigenvalue weighted by Crippen LogP contribution is -2.32. The Balaban J connectivity index is 2.09. The third kappa shape index (κ3) is 4.76. The Hall–Kier alpha value is -1.50. The van der Waals surface area contributed by atoms with Crippen LogP contribution in [0.3, 0.4) is 0 Å². The van der Waals surface area contributed by atoms with Gasteiger partial charge in [-0.2, -0.15) is 0 Å². The van der Waals surface area contributed by atoms with Gasteiger partial charge in [-0.3, -0.25) is 9.69 Å². The number of carbonyl (C=O) groups is 1. The molecule has 0 spiro atoms. The molecule has 0 unspecified atom stereocenters. The van der Waals surface area contributed by atoms with E-state index >= 15 is 0 Å². The average Bonchev–Trinajstić information content (AvgIpc) is 2.92. The molecule has 22 heavy (non-hydrogen) atoms. The number of halogens is 1. The molecule has 0 bridgehead atoms. The number of ether oxygens (including phenoxy) is 1. The molecule has 0 fully saturated rings. The lowest BCUT2D eigenvalue weighted by Gasteiger charge is -2.24. The largest absolute Gasteiger partial charge is 0.469 e. The lowest BCUT2D eigenvalue weighted by molar-refractivity contribution is -0.145. The number of esters is 1. The summed E-state index contributed by atoms with van der Waals surface area (Å²) < 4.78 is 9.24. The molecule has 2 aromatic rings. The van der Waals surface area contributed by atoms with E-state index < -0.39 is 0 Å². The number of hydrogen-bond donors (Lipinski definition) is 0. The Morgan fingerprint density at radius 3 is 2.68 bits per heavy atom. The first-order valence-electron chi connectivity index (χ1n) is 6.91. The van der Waals surface area contributed by atoms with Crippen molar-refractivity contribution in [3.63, 3.8) is 0 Å². The van der Waals surface area contributed by atoms with Gasteiger partial charge in [-0.05, 0) is 5.56 Å². The minimum atomic E-state index is -0.223. The van der Waals surface area contributed by atoms with E-state index in [0.29, 0.717) is 24.0 Å². The monoisotopic (exact) mass is 339 g/mol. The Morgan fingerprint density at radius 1 is 1.36 bits per heavy atom. The summed E-state index contributed by atoms with van der Waals surface area (Å²) in [5, 5.41) is 4.05. The maximum atomic E-state index is 11.7. The SMILES string of the molecule is COC(=O)[C@@H](C)CN(Cc1ccccc1)Cc1nnsc1Cl. The van der Waals surface area contributed by atoms with Crippen molar-refractivity contribution in [2.75, 3.05) is 13.7 Å². The minimum absolute atomic E-state index is 0.222. The van der Waals surface area contributed by atoms with Crippen LogP contribution in [0.5, 0.6) is 0 Å². The third-order valence-corrected chi connectivity index (χ3v) is 4.25. The summed E-state index contributed by atoms with van der Waals surface area (Å²) >= 11 is 7.26. The van der Waals surface area contributed by atoms with Crippen molar-refractivity contribution in [1.82, 2.24) is 14.5 Å². The van der Waals surface area contributed by atoms with Crippen molar-refractivity contribution in [3.8, 4) is 0 Å². The van der Waals surface area contributed by atoms with Gasteiger partial charge in [-0.15, -0.1) is 5.10 Å². The normalized spacial score (nSPS) is 12.4. The van der Waals surface area contributed by atoms with Gasteiger partial charge in [-0.25, -0.2) is 0 Å². The van der Waals surface area contributed by atoms with Gasteiger partial charge in [-0.1, -0.05) is 53.3 Å². The minimum Gasteiger partial charge on any atom is -0.469 e. The zero-order valence-corrected chi connectivity index (χ0v) is 14.1. The zero-order valence-electron chi connectivity index (χ0n) is 12.5.